The van der Waals surface area contributed by atoms with E-state index in [2.05, 4.69) is 25.6 Å². The average Bonchev–Trinajstić information content (AvgIpc) is 3.63. The standard InChI is InChI=1S/C28H26N6O9/c1-28(2)42-20-18(11-40-17-9-8-14(25(35)36)10-16(17)26(37)38)41-24(21(20)43-28)34-13-31-19-22(29-12-30-23(19)34)33-27(39)32-15-6-4-3-5-7-15/h3-10,12-13,18,20-21,24H,11H2,1-2H3,(H,35,36)(H,37,38)(H2,29,30,32,33,39). The second kappa shape index (κ2) is 10.9. The van der Waals surface area contributed by atoms with Crippen LogP contribution in [0.4, 0.5) is 16.3 Å². The topological polar surface area (TPSA) is 196 Å². The molecule has 4 aromatic rings. The van der Waals surface area contributed by atoms with Crippen molar-refractivity contribution in [3.8, 4) is 5.75 Å². The van der Waals surface area contributed by atoms with Gasteiger partial charge in [0.25, 0.3) is 0 Å². The van der Waals surface area contributed by atoms with Crippen LogP contribution in [0, 0.1) is 0 Å². The van der Waals surface area contributed by atoms with Crippen molar-refractivity contribution in [2.45, 2.75) is 44.2 Å². The first-order chi connectivity index (χ1) is 20.6. The number of para-hydroxylation sites is 1. The molecule has 2 aliphatic rings. The maximum atomic E-state index is 12.6. The minimum Gasteiger partial charge on any atom is -0.490 e. The molecule has 0 spiro atoms. The van der Waals surface area contributed by atoms with Gasteiger partial charge < -0.3 is 34.5 Å². The molecule has 4 heterocycles. The fraction of sp³-hybridized carbons (Fsp3) is 0.286. The van der Waals surface area contributed by atoms with Gasteiger partial charge in [0.05, 0.1) is 11.9 Å². The lowest BCUT2D eigenvalue weighted by molar-refractivity contribution is -0.198. The molecule has 0 saturated carbocycles. The van der Waals surface area contributed by atoms with Crippen molar-refractivity contribution in [2.24, 2.45) is 0 Å². The number of nitrogens with zero attached hydrogens (tertiary/aromatic N) is 4. The van der Waals surface area contributed by atoms with Gasteiger partial charge in [-0.15, -0.1) is 0 Å². The molecule has 222 valence electrons. The van der Waals surface area contributed by atoms with Crippen LogP contribution in [0.25, 0.3) is 11.2 Å². The van der Waals surface area contributed by atoms with E-state index < -0.39 is 48.3 Å². The molecule has 0 radical (unpaired) electrons. The molecule has 0 aliphatic carbocycles. The third kappa shape index (κ3) is 5.55. The number of imidazole rings is 1. The Bertz CT molecular complexity index is 1710. The molecule has 2 aromatic heterocycles. The maximum Gasteiger partial charge on any atom is 0.339 e. The first-order valence-electron chi connectivity index (χ1n) is 13.1. The van der Waals surface area contributed by atoms with Gasteiger partial charge in [0, 0.05) is 5.69 Å². The number of nitrogens with one attached hydrogen (secondary N) is 2. The molecule has 2 aromatic carbocycles. The van der Waals surface area contributed by atoms with Crippen molar-refractivity contribution in [1.82, 2.24) is 19.5 Å². The molecule has 2 saturated heterocycles. The zero-order valence-electron chi connectivity index (χ0n) is 22.8. The van der Waals surface area contributed by atoms with Gasteiger partial charge in [-0.3, -0.25) is 9.88 Å². The van der Waals surface area contributed by atoms with Crippen LogP contribution >= 0.6 is 0 Å². The maximum absolute atomic E-state index is 12.6. The molecule has 6 rings (SSSR count). The number of ether oxygens (including phenoxy) is 4. The Kier molecular flexibility index (Phi) is 7.13. The summed E-state index contributed by atoms with van der Waals surface area (Å²) in [6.07, 6.45) is 0.0512. The first-order valence-corrected chi connectivity index (χ1v) is 13.1. The highest BCUT2D eigenvalue weighted by Gasteiger charge is 2.56. The number of anilines is 2. The second-order valence-corrected chi connectivity index (χ2v) is 10.3. The summed E-state index contributed by atoms with van der Waals surface area (Å²) in [6.45, 7) is 3.39. The van der Waals surface area contributed by atoms with E-state index in [4.69, 9.17) is 18.9 Å². The van der Waals surface area contributed by atoms with E-state index in [1.165, 1.54) is 24.8 Å². The predicted molar refractivity (Wildman–Crippen MR) is 148 cm³/mol. The zero-order valence-corrected chi connectivity index (χ0v) is 22.8. The first kappa shape index (κ1) is 28.0. The van der Waals surface area contributed by atoms with Gasteiger partial charge in [0.15, 0.2) is 29.0 Å². The lowest BCUT2D eigenvalue weighted by Gasteiger charge is -2.25. The molecule has 0 bridgehead atoms. The van der Waals surface area contributed by atoms with Crippen LogP contribution in [-0.4, -0.2) is 78.4 Å². The Labute approximate surface area is 243 Å². The number of fused-ring (bicyclic) bond motifs is 2. The normalized spacial score (nSPS) is 22.2. The van der Waals surface area contributed by atoms with E-state index in [1.54, 1.807) is 42.7 Å². The van der Waals surface area contributed by atoms with Crippen LogP contribution in [0.1, 0.15) is 40.8 Å². The zero-order chi connectivity index (χ0) is 30.3. The summed E-state index contributed by atoms with van der Waals surface area (Å²) in [5, 5.41) is 24.2. The molecule has 2 amide bonds. The fourth-order valence-electron chi connectivity index (χ4n) is 5.07. The molecule has 15 heteroatoms. The van der Waals surface area contributed by atoms with Crippen LogP contribution in [0.5, 0.6) is 5.75 Å². The highest BCUT2D eigenvalue weighted by molar-refractivity contribution is 6.03. The Hall–Kier alpha value is -5.12. The quantitative estimate of drug-likeness (QED) is 0.234. The molecule has 4 atom stereocenters. The predicted octanol–water partition coefficient (Wildman–Crippen LogP) is 3.36. The second-order valence-electron chi connectivity index (χ2n) is 10.3. The lowest BCUT2D eigenvalue weighted by atomic mass is 10.1. The number of carbonyl (C=O) groups excluding carboxylic acids is 1. The minimum atomic E-state index is -1.34. The van der Waals surface area contributed by atoms with E-state index in [0.29, 0.717) is 16.9 Å². The number of aromatic carboxylic acids is 2. The van der Waals surface area contributed by atoms with Gasteiger partial charge in [0.2, 0.25) is 0 Å². The van der Waals surface area contributed by atoms with Gasteiger partial charge in [-0.1, -0.05) is 18.2 Å². The average molecular weight is 591 g/mol. The summed E-state index contributed by atoms with van der Waals surface area (Å²) in [5.74, 6) is -3.40. The summed E-state index contributed by atoms with van der Waals surface area (Å²) in [4.78, 5) is 48.6. The summed E-state index contributed by atoms with van der Waals surface area (Å²) in [7, 11) is 0. The number of aromatic nitrogens is 4. The number of amides is 2. The summed E-state index contributed by atoms with van der Waals surface area (Å²) in [5.41, 5.74) is 0.790. The van der Waals surface area contributed by atoms with Crippen molar-refractivity contribution >= 4 is 40.6 Å². The van der Waals surface area contributed by atoms with Gasteiger partial charge in [-0.25, -0.2) is 29.3 Å². The molecule has 4 unspecified atom stereocenters. The van der Waals surface area contributed by atoms with Crippen LogP contribution in [-0.2, 0) is 14.2 Å². The number of urea groups is 1. The van der Waals surface area contributed by atoms with Crippen molar-refractivity contribution in [2.75, 3.05) is 17.2 Å². The van der Waals surface area contributed by atoms with Crippen LogP contribution in [0.3, 0.4) is 0 Å². The van der Waals surface area contributed by atoms with Crippen molar-refractivity contribution in [3.05, 3.63) is 72.3 Å². The third-order valence-corrected chi connectivity index (χ3v) is 6.88. The summed E-state index contributed by atoms with van der Waals surface area (Å²) in [6, 6.07) is 12.0. The number of carboxylic acid groups (broad SMARTS) is 2. The minimum absolute atomic E-state index is 0.0235. The van der Waals surface area contributed by atoms with Gasteiger partial charge in [0.1, 0.15) is 42.6 Å². The SMILES string of the molecule is CC1(C)OC2C(COc3ccc(C(=O)O)cc3C(=O)O)OC(n3cnc4c(NC(=O)Nc5ccccc5)ncnc43)C2O1. The largest absolute Gasteiger partial charge is 0.490 e. The molecular formula is C28H26N6O9. The highest BCUT2D eigenvalue weighted by Crippen LogP contribution is 2.44. The van der Waals surface area contributed by atoms with Crippen LogP contribution in [0.2, 0.25) is 0 Å². The molecular weight excluding hydrogens is 564 g/mol. The Morgan fingerprint density at radius 2 is 1.74 bits per heavy atom. The Balaban J connectivity index is 1.24. The van der Waals surface area contributed by atoms with Gasteiger partial charge >= 0.3 is 18.0 Å². The fourth-order valence-corrected chi connectivity index (χ4v) is 5.07. The Morgan fingerprint density at radius 3 is 2.49 bits per heavy atom. The van der Waals surface area contributed by atoms with E-state index >= 15 is 0 Å². The van der Waals surface area contributed by atoms with Gasteiger partial charge in [-0.2, -0.15) is 0 Å². The number of carbonyl (C=O) groups is 3. The van der Waals surface area contributed by atoms with Crippen molar-refractivity contribution < 1.29 is 43.5 Å². The number of benzene rings is 2. The smallest absolute Gasteiger partial charge is 0.339 e. The van der Waals surface area contributed by atoms with E-state index in [0.717, 1.165) is 6.07 Å². The van der Waals surface area contributed by atoms with E-state index in [-0.39, 0.29) is 29.3 Å². The molecule has 2 fully saturated rings. The van der Waals surface area contributed by atoms with Crippen LogP contribution < -0.4 is 15.4 Å². The number of carboxylic acids is 2. The Morgan fingerprint density at radius 1 is 0.977 bits per heavy atom. The van der Waals surface area contributed by atoms with Crippen molar-refractivity contribution in [3.63, 3.8) is 0 Å². The molecule has 43 heavy (non-hydrogen) atoms. The van der Waals surface area contributed by atoms with Crippen molar-refractivity contribution in [1.29, 1.82) is 0 Å². The molecule has 15 nitrogen and oxygen atoms in total. The van der Waals surface area contributed by atoms with Crippen LogP contribution in [0.15, 0.2) is 61.2 Å². The third-order valence-electron chi connectivity index (χ3n) is 6.88. The lowest BCUT2D eigenvalue weighted by Crippen LogP contribution is -2.34. The van der Waals surface area contributed by atoms with E-state index in [1.807, 2.05) is 6.07 Å². The number of rotatable bonds is 8. The van der Waals surface area contributed by atoms with E-state index in [9.17, 15) is 24.6 Å². The van der Waals surface area contributed by atoms with Gasteiger partial charge in [-0.05, 0) is 44.2 Å². The number of hydrogen-bond donors (Lipinski definition) is 4. The number of hydrogen-bond acceptors (Lipinski definition) is 10. The molecule has 4 N–H and O–H groups in total. The monoisotopic (exact) mass is 590 g/mol. The highest BCUT2D eigenvalue weighted by atomic mass is 16.8. The summed E-state index contributed by atoms with van der Waals surface area (Å²) < 4.78 is 26.1. The summed E-state index contributed by atoms with van der Waals surface area (Å²) >= 11 is 0. The molecule has 2 aliphatic heterocycles.